The van der Waals surface area contributed by atoms with E-state index in [0.29, 0.717) is 19.6 Å². The van der Waals surface area contributed by atoms with Gasteiger partial charge in [0.05, 0.1) is 30.6 Å². The average molecular weight is 565 g/mol. The zero-order chi connectivity index (χ0) is 29.5. The third-order valence-corrected chi connectivity index (χ3v) is 9.28. The van der Waals surface area contributed by atoms with Gasteiger partial charge in [0.25, 0.3) is 5.91 Å². The van der Waals surface area contributed by atoms with Gasteiger partial charge in [-0.05, 0) is 50.5 Å². The topological polar surface area (TPSA) is 93.6 Å². The zero-order valence-electron chi connectivity index (χ0n) is 24.9. The number of amides is 3. The first kappa shape index (κ1) is 29.3. The molecule has 1 aromatic carbocycles. The lowest BCUT2D eigenvalue weighted by Gasteiger charge is -2.39. The Balaban J connectivity index is 1.59. The Morgan fingerprint density at radius 2 is 1.71 bits per heavy atom. The van der Waals surface area contributed by atoms with Crippen LogP contribution in [0.4, 0.5) is 11.4 Å². The second-order valence-electron chi connectivity index (χ2n) is 11.8. The molecule has 41 heavy (non-hydrogen) atoms. The Morgan fingerprint density at radius 1 is 1.00 bits per heavy atom. The number of hydrogen-bond donors (Lipinski definition) is 1. The van der Waals surface area contributed by atoms with Gasteiger partial charge < -0.3 is 29.4 Å². The number of anilines is 2. The minimum atomic E-state index is -1.31. The molecule has 0 aromatic heterocycles. The minimum absolute atomic E-state index is 0.112. The van der Waals surface area contributed by atoms with Gasteiger partial charge in [-0.3, -0.25) is 14.4 Å². The van der Waals surface area contributed by atoms with E-state index < -0.39 is 35.6 Å². The Labute approximate surface area is 243 Å². The standard InChI is InChI=1S/C32H44N4O5/c1-6-17-34-18-9-11-25-26(29(34)38)27-30(39)36(24(20-37)21(4)5)28-31(40)35(19-10-16-32(27,28)41-25)23-14-12-22(13-15-23)33(7-2)8-3/h9-16,21,24-28,37H,6-8,17-20H2,1-5H3/t24-,25+,26-,27-,28?,32-/m0/s1. The third kappa shape index (κ3) is 4.67. The summed E-state index contributed by atoms with van der Waals surface area (Å²) in [4.78, 5) is 50.2. The second-order valence-corrected chi connectivity index (χ2v) is 11.8. The number of ether oxygens (including phenoxy) is 1. The fraction of sp³-hybridized carbons (Fsp3) is 0.594. The second kappa shape index (κ2) is 11.6. The summed E-state index contributed by atoms with van der Waals surface area (Å²) in [6.45, 7) is 12.9. The van der Waals surface area contributed by atoms with Gasteiger partial charge in [-0.2, -0.15) is 0 Å². The Kier molecular flexibility index (Phi) is 8.30. The first-order valence-electron chi connectivity index (χ1n) is 15.1. The van der Waals surface area contributed by atoms with E-state index >= 15 is 0 Å². The number of rotatable bonds is 9. The molecule has 1 spiro atoms. The molecule has 9 heteroatoms. The number of aliphatic hydroxyl groups excluding tert-OH is 1. The molecule has 1 aromatic rings. The smallest absolute Gasteiger partial charge is 0.253 e. The summed E-state index contributed by atoms with van der Waals surface area (Å²) >= 11 is 0. The molecule has 4 heterocycles. The molecule has 6 atom stereocenters. The van der Waals surface area contributed by atoms with Crippen LogP contribution in [-0.2, 0) is 19.1 Å². The number of carbonyl (C=O) groups is 3. The maximum absolute atomic E-state index is 14.6. The summed E-state index contributed by atoms with van der Waals surface area (Å²) in [5, 5.41) is 10.5. The van der Waals surface area contributed by atoms with E-state index in [1.54, 1.807) is 14.7 Å². The highest BCUT2D eigenvalue weighted by Gasteiger charge is 2.72. The van der Waals surface area contributed by atoms with Gasteiger partial charge in [0.15, 0.2) is 0 Å². The van der Waals surface area contributed by atoms with Crippen LogP contribution in [0.3, 0.4) is 0 Å². The SMILES string of the molecule is CCCN1CC=C[C@H]2O[C@]34C=CCN(c5ccc(N(CC)CC)cc5)C(=O)C3N([C@@H](CO)C(C)C)C(=O)[C@@H]4[C@H]2C1=O. The van der Waals surface area contributed by atoms with Crippen molar-refractivity contribution in [3.63, 3.8) is 0 Å². The highest BCUT2D eigenvalue weighted by atomic mass is 16.5. The van der Waals surface area contributed by atoms with Crippen molar-refractivity contribution in [1.82, 2.24) is 9.80 Å². The van der Waals surface area contributed by atoms with E-state index in [9.17, 15) is 19.5 Å². The molecule has 5 rings (SSSR count). The number of nitrogens with zero attached hydrogens (tertiary/aromatic N) is 4. The lowest BCUT2D eigenvalue weighted by atomic mass is 9.77. The number of benzene rings is 1. The van der Waals surface area contributed by atoms with Gasteiger partial charge in [-0.25, -0.2) is 0 Å². The summed E-state index contributed by atoms with van der Waals surface area (Å²) in [5.41, 5.74) is 0.495. The van der Waals surface area contributed by atoms with E-state index in [-0.39, 0.29) is 30.2 Å². The van der Waals surface area contributed by atoms with Crippen molar-refractivity contribution >= 4 is 29.1 Å². The van der Waals surface area contributed by atoms with Crippen molar-refractivity contribution in [3.05, 3.63) is 48.6 Å². The quantitative estimate of drug-likeness (QED) is 0.464. The van der Waals surface area contributed by atoms with Crippen LogP contribution in [-0.4, -0.2) is 95.7 Å². The van der Waals surface area contributed by atoms with E-state index in [0.717, 1.165) is 30.9 Å². The van der Waals surface area contributed by atoms with Crippen LogP contribution >= 0.6 is 0 Å². The summed E-state index contributed by atoms with van der Waals surface area (Å²) in [6.07, 6.45) is 7.77. The van der Waals surface area contributed by atoms with E-state index in [1.165, 1.54) is 0 Å². The highest BCUT2D eigenvalue weighted by molar-refractivity contribution is 6.06. The van der Waals surface area contributed by atoms with Crippen molar-refractivity contribution in [1.29, 1.82) is 0 Å². The molecule has 2 saturated heterocycles. The molecule has 4 aliphatic heterocycles. The minimum Gasteiger partial charge on any atom is -0.394 e. The van der Waals surface area contributed by atoms with E-state index in [2.05, 4.69) is 18.7 Å². The third-order valence-electron chi connectivity index (χ3n) is 9.28. The fourth-order valence-corrected chi connectivity index (χ4v) is 7.24. The Bertz CT molecular complexity index is 1210. The predicted octanol–water partition coefficient (Wildman–Crippen LogP) is 2.84. The largest absolute Gasteiger partial charge is 0.394 e. The number of aliphatic hydroxyl groups is 1. The molecule has 1 unspecified atom stereocenters. The van der Waals surface area contributed by atoms with Crippen molar-refractivity contribution in [3.8, 4) is 0 Å². The zero-order valence-corrected chi connectivity index (χ0v) is 24.9. The van der Waals surface area contributed by atoms with Crippen LogP contribution in [0.15, 0.2) is 48.6 Å². The molecule has 0 saturated carbocycles. The van der Waals surface area contributed by atoms with Crippen molar-refractivity contribution in [2.24, 2.45) is 17.8 Å². The van der Waals surface area contributed by atoms with Gasteiger partial charge in [0.2, 0.25) is 11.8 Å². The van der Waals surface area contributed by atoms with Crippen LogP contribution in [0.5, 0.6) is 0 Å². The molecule has 1 N–H and O–H groups in total. The van der Waals surface area contributed by atoms with Crippen LogP contribution in [0.1, 0.15) is 41.0 Å². The molecule has 0 radical (unpaired) electrons. The summed E-state index contributed by atoms with van der Waals surface area (Å²) in [7, 11) is 0. The molecule has 0 aliphatic carbocycles. The van der Waals surface area contributed by atoms with Crippen molar-refractivity contribution < 1.29 is 24.2 Å². The van der Waals surface area contributed by atoms with Crippen LogP contribution < -0.4 is 9.80 Å². The maximum Gasteiger partial charge on any atom is 0.253 e. The lowest BCUT2D eigenvalue weighted by molar-refractivity contribution is -0.147. The average Bonchev–Trinajstić information content (AvgIpc) is 3.28. The Hall–Kier alpha value is -3.17. The molecule has 4 aliphatic rings. The Morgan fingerprint density at radius 3 is 2.32 bits per heavy atom. The fourth-order valence-electron chi connectivity index (χ4n) is 7.24. The predicted molar refractivity (Wildman–Crippen MR) is 158 cm³/mol. The number of fused-ring (bicyclic) bond motifs is 2. The number of likely N-dealkylation sites (tertiary alicyclic amines) is 1. The molecule has 3 amide bonds. The van der Waals surface area contributed by atoms with E-state index in [4.69, 9.17) is 4.74 Å². The maximum atomic E-state index is 14.6. The summed E-state index contributed by atoms with van der Waals surface area (Å²) < 4.78 is 6.73. The van der Waals surface area contributed by atoms with Crippen molar-refractivity contribution in [2.45, 2.75) is 64.8 Å². The van der Waals surface area contributed by atoms with Gasteiger partial charge in [0.1, 0.15) is 11.6 Å². The monoisotopic (exact) mass is 564 g/mol. The van der Waals surface area contributed by atoms with Crippen LogP contribution in [0.2, 0.25) is 0 Å². The van der Waals surface area contributed by atoms with Crippen molar-refractivity contribution in [2.75, 3.05) is 49.1 Å². The van der Waals surface area contributed by atoms with Gasteiger partial charge in [0, 0.05) is 44.1 Å². The molecule has 2 fully saturated rings. The number of carbonyl (C=O) groups excluding carboxylic acids is 3. The van der Waals surface area contributed by atoms with Gasteiger partial charge in [-0.15, -0.1) is 0 Å². The molecule has 9 nitrogen and oxygen atoms in total. The van der Waals surface area contributed by atoms with Crippen LogP contribution in [0.25, 0.3) is 0 Å². The first-order valence-corrected chi connectivity index (χ1v) is 15.1. The summed E-state index contributed by atoms with van der Waals surface area (Å²) in [5.74, 6) is -2.38. The van der Waals surface area contributed by atoms with E-state index in [1.807, 2.05) is 69.3 Å². The lowest BCUT2D eigenvalue weighted by Crippen LogP contribution is -2.59. The first-order chi connectivity index (χ1) is 19.7. The molecular weight excluding hydrogens is 520 g/mol. The highest BCUT2D eigenvalue weighted by Crippen LogP contribution is 2.54. The summed E-state index contributed by atoms with van der Waals surface area (Å²) in [6, 6.07) is 6.31. The van der Waals surface area contributed by atoms with Gasteiger partial charge in [-0.1, -0.05) is 45.1 Å². The molecular formula is C32H44N4O5. The van der Waals surface area contributed by atoms with Gasteiger partial charge >= 0.3 is 0 Å². The normalized spacial score (nSPS) is 29.9. The molecule has 0 bridgehead atoms. The molecule has 222 valence electrons. The van der Waals surface area contributed by atoms with Crippen LogP contribution in [0, 0.1) is 17.8 Å². The number of hydrogen-bond acceptors (Lipinski definition) is 6.